The summed E-state index contributed by atoms with van der Waals surface area (Å²) in [4.78, 5) is 13.3. The van der Waals surface area contributed by atoms with Gasteiger partial charge >= 0.3 is 5.97 Å². The predicted molar refractivity (Wildman–Crippen MR) is 91.1 cm³/mol. The van der Waals surface area contributed by atoms with Crippen LogP contribution in [-0.2, 0) is 11.3 Å². The van der Waals surface area contributed by atoms with E-state index in [1.165, 1.54) is 5.52 Å². The number of para-hydroxylation sites is 1. The first-order valence-corrected chi connectivity index (χ1v) is 7.56. The molecule has 0 radical (unpaired) electrons. The molecule has 0 spiro atoms. The fourth-order valence-corrected chi connectivity index (χ4v) is 2.75. The topological polar surface area (TPSA) is 45.5 Å². The molecule has 1 aromatic heterocycles. The van der Waals surface area contributed by atoms with E-state index in [1.807, 2.05) is 12.1 Å². The third-order valence-electron chi connectivity index (χ3n) is 3.96. The highest BCUT2D eigenvalue weighted by Crippen LogP contribution is 2.28. The average Bonchev–Trinajstić information content (AvgIpc) is 2.72. The SMILES string of the molecule is C/C(=C\c1c(C)n(CCCN(C)C)c2ccccc12)C(=O)O. The monoisotopic (exact) mass is 300 g/mol. The van der Waals surface area contributed by atoms with Crippen LogP contribution in [0.5, 0.6) is 0 Å². The molecule has 0 aliphatic carbocycles. The zero-order valence-corrected chi connectivity index (χ0v) is 13.8. The average molecular weight is 300 g/mol. The molecule has 1 heterocycles. The van der Waals surface area contributed by atoms with Crippen molar-refractivity contribution >= 4 is 22.9 Å². The second kappa shape index (κ2) is 6.79. The van der Waals surface area contributed by atoms with Gasteiger partial charge in [0.2, 0.25) is 0 Å². The van der Waals surface area contributed by atoms with Gasteiger partial charge in [-0.2, -0.15) is 0 Å². The van der Waals surface area contributed by atoms with Gasteiger partial charge in [0, 0.05) is 34.3 Å². The first-order valence-electron chi connectivity index (χ1n) is 7.56. The Bertz CT molecular complexity index is 711. The molecule has 0 atom stereocenters. The van der Waals surface area contributed by atoms with Gasteiger partial charge in [0.15, 0.2) is 0 Å². The van der Waals surface area contributed by atoms with Crippen LogP contribution in [0.4, 0.5) is 0 Å². The number of carboxylic acids is 1. The number of fused-ring (bicyclic) bond motifs is 1. The van der Waals surface area contributed by atoms with Gasteiger partial charge in [-0.1, -0.05) is 18.2 Å². The lowest BCUT2D eigenvalue weighted by atomic mass is 10.1. The Labute approximate surface area is 131 Å². The van der Waals surface area contributed by atoms with E-state index < -0.39 is 5.97 Å². The van der Waals surface area contributed by atoms with Gasteiger partial charge in [0.05, 0.1) is 0 Å². The minimum absolute atomic E-state index is 0.360. The van der Waals surface area contributed by atoms with Crippen molar-refractivity contribution in [3.8, 4) is 0 Å². The van der Waals surface area contributed by atoms with Crippen LogP contribution in [0.25, 0.3) is 17.0 Å². The third kappa shape index (κ3) is 3.39. The Hall–Kier alpha value is -2.07. The largest absolute Gasteiger partial charge is 0.478 e. The van der Waals surface area contributed by atoms with Crippen LogP contribution >= 0.6 is 0 Å². The predicted octanol–water partition coefficient (Wildman–Crippen LogP) is 3.39. The number of aliphatic carboxylic acids is 1. The molecule has 0 saturated carbocycles. The van der Waals surface area contributed by atoms with Crippen molar-refractivity contribution in [1.29, 1.82) is 0 Å². The first-order chi connectivity index (χ1) is 10.4. The smallest absolute Gasteiger partial charge is 0.331 e. The molecule has 0 aliphatic heterocycles. The van der Waals surface area contributed by atoms with E-state index in [0.29, 0.717) is 5.57 Å². The lowest BCUT2D eigenvalue weighted by Crippen LogP contribution is -2.15. The molecule has 1 aromatic carbocycles. The van der Waals surface area contributed by atoms with E-state index >= 15 is 0 Å². The number of aryl methyl sites for hydroxylation is 1. The van der Waals surface area contributed by atoms with Crippen LogP contribution in [0.3, 0.4) is 0 Å². The maximum atomic E-state index is 11.1. The molecular weight excluding hydrogens is 276 g/mol. The summed E-state index contributed by atoms with van der Waals surface area (Å²) in [6, 6.07) is 8.19. The van der Waals surface area contributed by atoms with Crippen LogP contribution < -0.4 is 0 Å². The summed E-state index contributed by atoms with van der Waals surface area (Å²) in [6.45, 7) is 5.67. The maximum absolute atomic E-state index is 11.1. The molecule has 1 N–H and O–H groups in total. The number of carboxylic acid groups (broad SMARTS) is 1. The summed E-state index contributed by atoms with van der Waals surface area (Å²) < 4.78 is 2.29. The Kier molecular flexibility index (Phi) is 5.03. The third-order valence-corrected chi connectivity index (χ3v) is 3.96. The quantitative estimate of drug-likeness (QED) is 0.832. The van der Waals surface area contributed by atoms with Gasteiger partial charge in [0.1, 0.15) is 0 Å². The molecule has 4 heteroatoms. The van der Waals surface area contributed by atoms with Crippen molar-refractivity contribution in [2.75, 3.05) is 20.6 Å². The number of carbonyl (C=O) groups is 1. The van der Waals surface area contributed by atoms with E-state index in [0.717, 1.165) is 36.2 Å². The van der Waals surface area contributed by atoms with Crippen molar-refractivity contribution in [2.24, 2.45) is 0 Å². The minimum Gasteiger partial charge on any atom is -0.478 e. The molecule has 2 aromatic rings. The summed E-state index contributed by atoms with van der Waals surface area (Å²) >= 11 is 0. The van der Waals surface area contributed by atoms with E-state index in [-0.39, 0.29) is 0 Å². The van der Waals surface area contributed by atoms with Crippen LogP contribution in [0.2, 0.25) is 0 Å². The molecule has 118 valence electrons. The standard InChI is InChI=1S/C18H24N2O2/c1-13(18(21)22)12-16-14(2)20(11-7-10-19(3)4)17-9-6-5-8-15(16)17/h5-6,8-9,12H,7,10-11H2,1-4H3,(H,21,22)/b13-12+. The zero-order valence-electron chi connectivity index (χ0n) is 13.8. The number of aromatic nitrogens is 1. The van der Waals surface area contributed by atoms with E-state index in [4.69, 9.17) is 5.11 Å². The number of nitrogens with zero attached hydrogens (tertiary/aromatic N) is 2. The highest BCUT2D eigenvalue weighted by Gasteiger charge is 2.13. The number of benzene rings is 1. The molecule has 22 heavy (non-hydrogen) atoms. The molecule has 0 amide bonds. The molecule has 4 nitrogen and oxygen atoms in total. The molecule has 2 rings (SSSR count). The molecule has 0 unspecified atom stereocenters. The second-order valence-electron chi connectivity index (χ2n) is 5.96. The van der Waals surface area contributed by atoms with E-state index in [9.17, 15) is 4.79 Å². The van der Waals surface area contributed by atoms with Crippen molar-refractivity contribution in [2.45, 2.75) is 26.8 Å². The highest BCUT2D eigenvalue weighted by atomic mass is 16.4. The lowest BCUT2D eigenvalue weighted by molar-refractivity contribution is -0.132. The maximum Gasteiger partial charge on any atom is 0.331 e. The van der Waals surface area contributed by atoms with Crippen molar-refractivity contribution in [3.63, 3.8) is 0 Å². The van der Waals surface area contributed by atoms with Gasteiger partial charge in [0.25, 0.3) is 0 Å². The Balaban J connectivity index is 2.47. The summed E-state index contributed by atoms with van der Waals surface area (Å²) in [5.41, 5.74) is 3.67. The number of rotatable bonds is 6. The van der Waals surface area contributed by atoms with Crippen LogP contribution in [0.15, 0.2) is 29.8 Å². The summed E-state index contributed by atoms with van der Waals surface area (Å²) in [6.07, 6.45) is 2.84. The van der Waals surface area contributed by atoms with Gasteiger partial charge in [-0.15, -0.1) is 0 Å². The summed E-state index contributed by atoms with van der Waals surface area (Å²) in [5, 5.41) is 10.3. The van der Waals surface area contributed by atoms with Gasteiger partial charge in [-0.25, -0.2) is 4.79 Å². The van der Waals surface area contributed by atoms with Crippen molar-refractivity contribution < 1.29 is 9.90 Å². The minimum atomic E-state index is -0.871. The van der Waals surface area contributed by atoms with Crippen LogP contribution in [0, 0.1) is 6.92 Å². The van der Waals surface area contributed by atoms with Gasteiger partial charge in [-0.05, 0) is 53.1 Å². The van der Waals surface area contributed by atoms with Gasteiger partial charge in [-0.3, -0.25) is 0 Å². The molecule has 0 saturated heterocycles. The molecular formula is C18H24N2O2. The number of hydrogen-bond acceptors (Lipinski definition) is 2. The molecule has 0 aliphatic rings. The van der Waals surface area contributed by atoms with Crippen LogP contribution in [-0.4, -0.2) is 41.2 Å². The Morgan fingerprint density at radius 2 is 2.00 bits per heavy atom. The fourth-order valence-electron chi connectivity index (χ4n) is 2.75. The van der Waals surface area contributed by atoms with Crippen molar-refractivity contribution in [1.82, 2.24) is 9.47 Å². The van der Waals surface area contributed by atoms with Crippen molar-refractivity contribution in [3.05, 3.63) is 41.1 Å². The molecule has 0 bridgehead atoms. The summed E-state index contributed by atoms with van der Waals surface area (Å²) in [5.74, 6) is -0.871. The molecule has 0 fully saturated rings. The Morgan fingerprint density at radius 3 is 2.64 bits per heavy atom. The van der Waals surface area contributed by atoms with E-state index in [2.05, 4.69) is 42.6 Å². The lowest BCUT2D eigenvalue weighted by Gasteiger charge is -2.12. The second-order valence-corrected chi connectivity index (χ2v) is 5.96. The fraction of sp³-hybridized carbons (Fsp3) is 0.389. The highest BCUT2D eigenvalue weighted by molar-refractivity contribution is 5.97. The van der Waals surface area contributed by atoms with Crippen LogP contribution in [0.1, 0.15) is 24.6 Å². The van der Waals surface area contributed by atoms with Gasteiger partial charge < -0.3 is 14.6 Å². The van der Waals surface area contributed by atoms with E-state index in [1.54, 1.807) is 13.0 Å². The summed E-state index contributed by atoms with van der Waals surface area (Å²) in [7, 11) is 4.15. The normalized spacial score (nSPS) is 12.3. The zero-order chi connectivity index (χ0) is 16.3. The first kappa shape index (κ1) is 16.3. The number of hydrogen-bond donors (Lipinski definition) is 1. The Morgan fingerprint density at radius 1 is 1.32 bits per heavy atom.